The lowest BCUT2D eigenvalue weighted by molar-refractivity contribution is 0.611. The van der Waals surface area contributed by atoms with Gasteiger partial charge in [0.1, 0.15) is 5.82 Å². The minimum Gasteiger partial charge on any atom is -0.326 e. The third-order valence-electron chi connectivity index (χ3n) is 3.18. The van der Waals surface area contributed by atoms with Crippen molar-refractivity contribution in [3.8, 4) is 0 Å². The van der Waals surface area contributed by atoms with Crippen LogP contribution in [0.15, 0.2) is 23.0 Å². The van der Waals surface area contributed by atoms with E-state index in [0.29, 0.717) is 24.1 Å². The first-order valence-corrected chi connectivity index (χ1v) is 5.26. The van der Waals surface area contributed by atoms with Crippen molar-refractivity contribution in [2.24, 2.45) is 5.73 Å². The fourth-order valence-electron chi connectivity index (χ4n) is 2.41. The number of hydrogen-bond donors (Lipinski definition) is 1. The maximum Gasteiger partial charge on any atom is 0.255 e. The highest BCUT2D eigenvalue weighted by Gasteiger charge is 2.20. The second-order valence-corrected chi connectivity index (χ2v) is 4.04. The number of hydrogen-bond acceptors (Lipinski definition) is 2. The Morgan fingerprint density at radius 3 is 3.00 bits per heavy atom. The molecule has 0 unspecified atom stereocenters. The fourth-order valence-corrected chi connectivity index (χ4v) is 2.41. The molecular weight excluding hydrogens is 207 g/mol. The van der Waals surface area contributed by atoms with Crippen molar-refractivity contribution in [1.82, 2.24) is 4.57 Å². The van der Waals surface area contributed by atoms with Crippen LogP contribution in [0, 0.1) is 5.82 Å². The summed E-state index contributed by atoms with van der Waals surface area (Å²) >= 11 is 0. The van der Waals surface area contributed by atoms with E-state index in [4.69, 9.17) is 5.73 Å². The number of nitrogens with two attached hydrogens (primary N) is 1. The van der Waals surface area contributed by atoms with E-state index >= 15 is 0 Å². The highest BCUT2D eigenvalue weighted by atomic mass is 19.1. The van der Waals surface area contributed by atoms with Crippen LogP contribution >= 0.6 is 0 Å². The quantitative estimate of drug-likeness (QED) is 0.780. The van der Waals surface area contributed by atoms with Crippen LogP contribution in [0.1, 0.15) is 11.1 Å². The lowest BCUT2D eigenvalue weighted by Gasteiger charge is -2.06. The van der Waals surface area contributed by atoms with Gasteiger partial charge in [-0.05, 0) is 30.0 Å². The molecule has 0 fully saturated rings. The molecule has 0 atom stereocenters. The molecule has 2 aromatic rings. The van der Waals surface area contributed by atoms with Crippen LogP contribution in [0.25, 0.3) is 10.9 Å². The normalized spacial score (nSPS) is 13.6. The molecule has 3 rings (SSSR count). The zero-order chi connectivity index (χ0) is 11.3. The largest absolute Gasteiger partial charge is 0.326 e. The molecule has 0 radical (unpaired) electrons. The second-order valence-electron chi connectivity index (χ2n) is 4.04. The van der Waals surface area contributed by atoms with Gasteiger partial charge in [-0.25, -0.2) is 4.39 Å². The summed E-state index contributed by atoms with van der Waals surface area (Å²) in [4.78, 5) is 12.0. The first kappa shape index (κ1) is 9.54. The summed E-state index contributed by atoms with van der Waals surface area (Å²) in [5.74, 6) is -0.223. The van der Waals surface area contributed by atoms with E-state index in [1.165, 1.54) is 6.07 Å². The Bertz CT molecular complexity index is 645. The highest BCUT2D eigenvalue weighted by molar-refractivity contribution is 5.84. The summed E-state index contributed by atoms with van der Waals surface area (Å²) in [7, 11) is 0. The molecule has 0 amide bonds. The molecule has 1 aliphatic heterocycles. The molecule has 0 spiro atoms. The molecule has 16 heavy (non-hydrogen) atoms. The second kappa shape index (κ2) is 3.15. The molecule has 82 valence electrons. The Balaban J connectivity index is 2.52. The predicted octanol–water partition coefficient (Wildman–Crippen LogP) is 1.16. The standard InChI is InChI=1S/C12H11FN2O/c13-10-2-1-7-5-8(6-14)12(16)15-4-3-9(10)11(7)15/h1-2,5H,3-4,6,14H2. The van der Waals surface area contributed by atoms with Gasteiger partial charge in [0, 0.05) is 24.2 Å². The van der Waals surface area contributed by atoms with Crippen molar-refractivity contribution in [3.63, 3.8) is 0 Å². The van der Waals surface area contributed by atoms with Crippen molar-refractivity contribution in [2.45, 2.75) is 19.5 Å². The molecule has 2 heterocycles. The number of benzene rings is 1. The minimum atomic E-state index is -0.223. The van der Waals surface area contributed by atoms with Crippen LogP contribution in [0.4, 0.5) is 4.39 Å². The van der Waals surface area contributed by atoms with Crippen LogP contribution in [0.5, 0.6) is 0 Å². The topological polar surface area (TPSA) is 48.0 Å². The molecule has 1 aliphatic rings. The molecule has 0 bridgehead atoms. The van der Waals surface area contributed by atoms with Crippen LogP contribution in [0.2, 0.25) is 0 Å². The Kier molecular flexibility index (Phi) is 1.88. The summed E-state index contributed by atoms with van der Waals surface area (Å²) in [5, 5.41) is 0.897. The highest BCUT2D eigenvalue weighted by Crippen LogP contribution is 2.26. The van der Waals surface area contributed by atoms with Crippen molar-refractivity contribution in [1.29, 1.82) is 0 Å². The Hall–Kier alpha value is -1.68. The smallest absolute Gasteiger partial charge is 0.255 e. The van der Waals surface area contributed by atoms with Gasteiger partial charge >= 0.3 is 0 Å². The SMILES string of the molecule is NCc1cc2ccc(F)c3c2n(c1=O)CC3. The van der Waals surface area contributed by atoms with Crippen LogP contribution in [0.3, 0.4) is 0 Å². The van der Waals surface area contributed by atoms with Crippen LogP contribution in [-0.2, 0) is 19.5 Å². The Morgan fingerprint density at radius 2 is 2.25 bits per heavy atom. The van der Waals surface area contributed by atoms with E-state index in [1.807, 2.05) is 0 Å². The third-order valence-corrected chi connectivity index (χ3v) is 3.18. The number of halogens is 1. The van der Waals surface area contributed by atoms with Gasteiger partial charge in [-0.1, -0.05) is 0 Å². The Morgan fingerprint density at radius 1 is 1.44 bits per heavy atom. The number of nitrogens with zero attached hydrogens (tertiary/aromatic N) is 1. The first-order valence-electron chi connectivity index (χ1n) is 5.26. The maximum atomic E-state index is 13.5. The molecule has 1 aromatic carbocycles. The number of pyridine rings is 1. The lowest BCUT2D eigenvalue weighted by atomic mass is 10.1. The van der Waals surface area contributed by atoms with Crippen molar-refractivity contribution in [3.05, 3.63) is 45.5 Å². The lowest BCUT2D eigenvalue weighted by Crippen LogP contribution is -2.23. The average Bonchev–Trinajstić information content (AvgIpc) is 2.73. The van der Waals surface area contributed by atoms with E-state index in [-0.39, 0.29) is 17.9 Å². The molecular formula is C12H11FN2O. The Labute approximate surface area is 91.3 Å². The van der Waals surface area contributed by atoms with Crippen molar-refractivity contribution >= 4 is 10.9 Å². The van der Waals surface area contributed by atoms with E-state index < -0.39 is 0 Å². The van der Waals surface area contributed by atoms with E-state index in [9.17, 15) is 9.18 Å². The molecule has 0 aliphatic carbocycles. The summed E-state index contributed by atoms with van der Waals surface area (Å²) in [6.45, 7) is 0.779. The molecule has 1 aromatic heterocycles. The van der Waals surface area contributed by atoms with E-state index in [0.717, 1.165) is 10.9 Å². The van der Waals surface area contributed by atoms with Gasteiger partial charge < -0.3 is 10.3 Å². The molecule has 0 saturated heterocycles. The van der Waals surface area contributed by atoms with Crippen LogP contribution in [-0.4, -0.2) is 4.57 Å². The average molecular weight is 218 g/mol. The number of aryl methyl sites for hydroxylation is 2. The third kappa shape index (κ3) is 1.08. The maximum absolute atomic E-state index is 13.5. The minimum absolute atomic E-state index is 0.0839. The summed E-state index contributed by atoms with van der Waals surface area (Å²) < 4.78 is 15.2. The van der Waals surface area contributed by atoms with Gasteiger partial charge in [0.15, 0.2) is 0 Å². The zero-order valence-electron chi connectivity index (χ0n) is 8.66. The van der Waals surface area contributed by atoms with Gasteiger partial charge in [0.05, 0.1) is 5.52 Å². The molecule has 2 N–H and O–H groups in total. The summed E-state index contributed by atoms with van der Waals surface area (Å²) in [6, 6.07) is 4.93. The van der Waals surface area contributed by atoms with Crippen molar-refractivity contribution in [2.75, 3.05) is 0 Å². The van der Waals surface area contributed by atoms with Crippen LogP contribution < -0.4 is 11.3 Å². The monoisotopic (exact) mass is 218 g/mol. The van der Waals surface area contributed by atoms with Gasteiger partial charge in [-0.3, -0.25) is 4.79 Å². The van der Waals surface area contributed by atoms with E-state index in [1.54, 1.807) is 16.7 Å². The van der Waals surface area contributed by atoms with Gasteiger partial charge in [0.25, 0.3) is 5.56 Å². The predicted molar refractivity (Wildman–Crippen MR) is 59.8 cm³/mol. The van der Waals surface area contributed by atoms with Gasteiger partial charge in [-0.2, -0.15) is 0 Å². The van der Waals surface area contributed by atoms with Gasteiger partial charge in [0.2, 0.25) is 0 Å². The summed E-state index contributed by atoms with van der Waals surface area (Å²) in [5.41, 5.74) is 7.42. The van der Waals surface area contributed by atoms with Crippen molar-refractivity contribution < 1.29 is 4.39 Å². The molecule has 3 nitrogen and oxygen atoms in total. The zero-order valence-corrected chi connectivity index (χ0v) is 8.66. The molecule has 4 heteroatoms. The number of rotatable bonds is 1. The van der Waals surface area contributed by atoms with E-state index in [2.05, 4.69) is 0 Å². The van der Waals surface area contributed by atoms with Gasteiger partial charge in [-0.15, -0.1) is 0 Å². The summed E-state index contributed by atoms with van der Waals surface area (Å²) in [6.07, 6.45) is 0.590. The number of aromatic nitrogens is 1. The fraction of sp³-hybridized carbons (Fsp3) is 0.250. The first-order chi connectivity index (χ1) is 7.72. The molecule has 0 saturated carbocycles.